The lowest BCUT2D eigenvalue weighted by Gasteiger charge is -2.06. The Labute approximate surface area is 152 Å². The molecule has 5 heteroatoms. The Bertz CT molecular complexity index is 910. The number of imidazole rings is 1. The van der Waals surface area contributed by atoms with E-state index in [4.69, 9.17) is 0 Å². The first-order valence-electron chi connectivity index (χ1n) is 8.84. The Kier molecular flexibility index (Phi) is 5.46. The van der Waals surface area contributed by atoms with Gasteiger partial charge in [-0.05, 0) is 43.2 Å². The van der Waals surface area contributed by atoms with Crippen molar-refractivity contribution >= 4 is 22.7 Å². The predicted molar refractivity (Wildman–Crippen MR) is 102 cm³/mol. The first-order chi connectivity index (χ1) is 12.5. The third kappa shape index (κ3) is 4.36. The van der Waals surface area contributed by atoms with Crippen LogP contribution in [0.1, 0.15) is 40.2 Å². The topological polar surface area (TPSA) is 74.8 Å². The van der Waals surface area contributed by atoms with E-state index in [1.165, 1.54) is 0 Å². The number of benzene rings is 2. The van der Waals surface area contributed by atoms with Gasteiger partial charge in [-0.3, -0.25) is 9.59 Å². The van der Waals surface area contributed by atoms with Gasteiger partial charge in [0.2, 0.25) is 5.91 Å². The van der Waals surface area contributed by atoms with Gasteiger partial charge in [-0.1, -0.05) is 24.3 Å². The number of aryl methyl sites for hydroxylation is 2. The second-order valence-electron chi connectivity index (χ2n) is 6.52. The van der Waals surface area contributed by atoms with Crippen LogP contribution in [0, 0.1) is 13.8 Å². The highest BCUT2D eigenvalue weighted by Crippen LogP contribution is 2.13. The molecule has 0 aliphatic carbocycles. The van der Waals surface area contributed by atoms with E-state index < -0.39 is 0 Å². The van der Waals surface area contributed by atoms with Crippen molar-refractivity contribution < 1.29 is 9.59 Å². The van der Waals surface area contributed by atoms with E-state index in [1.54, 1.807) is 0 Å². The molecule has 3 aromatic rings. The smallest absolute Gasteiger partial charge is 0.220 e. The van der Waals surface area contributed by atoms with Gasteiger partial charge in [0.15, 0.2) is 5.78 Å². The molecule has 0 saturated heterocycles. The van der Waals surface area contributed by atoms with Crippen LogP contribution in [0.5, 0.6) is 0 Å². The fourth-order valence-corrected chi connectivity index (χ4v) is 2.82. The number of fused-ring (bicyclic) bond motifs is 1. The minimum absolute atomic E-state index is 0.000495. The summed E-state index contributed by atoms with van der Waals surface area (Å²) in [6.07, 6.45) is 1.05. The first-order valence-corrected chi connectivity index (χ1v) is 8.84. The molecule has 3 rings (SSSR count). The van der Waals surface area contributed by atoms with E-state index in [1.807, 2.05) is 56.3 Å². The highest BCUT2D eigenvalue weighted by Gasteiger charge is 2.10. The number of amides is 1. The average Bonchev–Trinajstić information content (AvgIpc) is 3.04. The predicted octanol–water partition coefficient (Wildman–Crippen LogP) is 3.50. The molecule has 2 aromatic carbocycles. The Morgan fingerprint density at radius 1 is 1.04 bits per heavy atom. The largest absolute Gasteiger partial charge is 0.356 e. The van der Waals surface area contributed by atoms with Crippen molar-refractivity contribution in [1.82, 2.24) is 15.3 Å². The Morgan fingerprint density at radius 3 is 2.62 bits per heavy atom. The molecular formula is C21H23N3O2. The van der Waals surface area contributed by atoms with Crippen LogP contribution >= 0.6 is 0 Å². The molecule has 0 radical (unpaired) electrons. The van der Waals surface area contributed by atoms with Crippen molar-refractivity contribution in [3.05, 3.63) is 65.0 Å². The van der Waals surface area contributed by atoms with Crippen LogP contribution in [0.2, 0.25) is 0 Å². The van der Waals surface area contributed by atoms with E-state index in [9.17, 15) is 9.59 Å². The Morgan fingerprint density at radius 2 is 1.85 bits per heavy atom. The molecule has 134 valence electrons. The molecule has 5 nitrogen and oxygen atoms in total. The number of Topliss-reactive ketones (excluding diaryl/α,β-unsaturated/α-hetero) is 1. The molecule has 0 aliphatic heterocycles. The minimum atomic E-state index is -0.113. The number of carbonyl (C=O) groups excluding carboxylic acids is 2. The summed E-state index contributed by atoms with van der Waals surface area (Å²) in [4.78, 5) is 31.9. The molecule has 26 heavy (non-hydrogen) atoms. The number of rotatable bonds is 7. The zero-order chi connectivity index (χ0) is 18.5. The molecule has 1 heterocycles. The van der Waals surface area contributed by atoms with Crippen molar-refractivity contribution in [2.75, 3.05) is 6.54 Å². The number of para-hydroxylation sites is 2. The van der Waals surface area contributed by atoms with Gasteiger partial charge in [0.1, 0.15) is 5.82 Å². The van der Waals surface area contributed by atoms with Gasteiger partial charge in [0, 0.05) is 31.4 Å². The molecule has 2 N–H and O–H groups in total. The normalized spacial score (nSPS) is 10.8. The van der Waals surface area contributed by atoms with Crippen molar-refractivity contribution in [3.8, 4) is 0 Å². The zero-order valence-corrected chi connectivity index (χ0v) is 15.1. The van der Waals surface area contributed by atoms with E-state index in [2.05, 4.69) is 15.3 Å². The second kappa shape index (κ2) is 7.95. The summed E-state index contributed by atoms with van der Waals surface area (Å²) in [6, 6.07) is 13.5. The summed E-state index contributed by atoms with van der Waals surface area (Å²) in [5.41, 5.74) is 4.83. The van der Waals surface area contributed by atoms with E-state index in [0.29, 0.717) is 18.5 Å². The highest BCUT2D eigenvalue weighted by atomic mass is 16.2. The standard InChI is InChI=1S/C21H23N3O2/c1-14-7-8-16(13-15(14)2)19(25)9-10-21(26)22-12-11-20-23-17-5-3-4-6-18(17)24-20/h3-8,13H,9-12H2,1-2H3,(H,22,26)(H,23,24). The maximum atomic E-state index is 12.2. The van der Waals surface area contributed by atoms with Crippen LogP contribution in [-0.2, 0) is 11.2 Å². The van der Waals surface area contributed by atoms with Crippen LogP contribution in [-0.4, -0.2) is 28.2 Å². The number of hydrogen-bond donors (Lipinski definition) is 2. The van der Waals surface area contributed by atoms with Gasteiger partial charge in [-0.15, -0.1) is 0 Å². The summed E-state index contributed by atoms with van der Waals surface area (Å²) in [6.45, 7) is 4.49. The molecule has 0 spiro atoms. The van der Waals surface area contributed by atoms with E-state index >= 15 is 0 Å². The monoisotopic (exact) mass is 349 g/mol. The number of aromatic amines is 1. The molecule has 0 aliphatic rings. The summed E-state index contributed by atoms with van der Waals surface area (Å²) in [5.74, 6) is 0.733. The van der Waals surface area contributed by atoms with Gasteiger partial charge in [-0.2, -0.15) is 0 Å². The molecule has 0 saturated carbocycles. The summed E-state index contributed by atoms with van der Waals surface area (Å²) in [7, 11) is 0. The third-order valence-electron chi connectivity index (χ3n) is 4.53. The number of H-pyrrole nitrogens is 1. The van der Waals surface area contributed by atoms with E-state index in [0.717, 1.165) is 28.0 Å². The van der Waals surface area contributed by atoms with Crippen molar-refractivity contribution in [3.63, 3.8) is 0 Å². The van der Waals surface area contributed by atoms with Crippen molar-refractivity contribution in [1.29, 1.82) is 0 Å². The number of hydrogen-bond acceptors (Lipinski definition) is 3. The van der Waals surface area contributed by atoms with E-state index in [-0.39, 0.29) is 24.5 Å². The zero-order valence-electron chi connectivity index (χ0n) is 15.1. The van der Waals surface area contributed by atoms with Crippen LogP contribution in [0.4, 0.5) is 0 Å². The molecular weight excluding hydrogens is 326 g/mol. The lowest BCUT2D eigenvalue weighted by molar-refractivity contribution is -0.121. The van der Waals surface area contributed by atoms with Gasteiger partial charge in [0.05, 0.1) is 11.0 Å². The van der Waals surface area contributed by atoms with Gasteiger partial charge >= 0.3 is 0 Å². The maximum absolute atomic E-state index is 12.2. The minimum Gasteiger partial charge on any atom is -0.356 e. The number of nitrogens with one attached hydrogen (secondary N) is 2. The molecule has 1 amide bonds. The Hall–Kier alpha value is -2.95. The maximum Gasteiger partial charge on any atom is 0.220 e. The lowest BCUT2D eigenvalue weighted by Crippen LogP contribution is -2.26. The van der Waals surface area contributed by atoms with Gasteiger partial charge in [0.25, 0.3) is 0 Å². The van der Waals surface area contributed by atoms with Crippen molar-refractivity contribution in [2.45, 2.75) is 33.1 Å². The SMILES string of the molecule is Cc1ccc(C(=O)CCC(=O)NCCc2nc3ccccc3[nH]2)cc1C. The molecule has 0 unspecified atom stereocenters. The Balaban J connectivity index is 1.43. The van der Waals surface area contributed by atoms with Gasteiger partial charge < -0.3 is 10.3 Å². The summed E-state index contributed by atoms with van der Waals surface area (Å²) >= 11 is 0. The number of aromatic nitrogens is 2. The van der Waals surface area contributed by atoms with Gasteiger partial charge in [-0.25, -0.2) is 4.98 Å². The molecule has 0 atom stereocenters. The fourth-order valence-electron chi connectivity index (χ4n) is 2.82. The molecule has 0 bridgehead atoms. The molecule has 0 fully saturated rings. The second-order valence-corrected chi connectivity index (χ2v) is 6.52. The summed E-state index contributed by atoms with van der Waals surface area (Å²) in [5, 5.41) is 2.85. The van der Waals surface area contributed by atoms with Crippen molar-refractivity contribution in [2.24, 2.45) is 0 Å². The summed E-state index contributed by atoms with van der Waals surface area (Å²) < 4.78 is 0. The van der Waals surface area contributed by atoms with Crippen LogP contribution in [0.15, 0.2) is 42.5 Å². The van der Waals surface area contributed by atoms with Crippen LogP contribution in [0.3, 0.4) is 0 Å². The fraction of sp³-hybridized carbons (Fsp3) is 0.286. The average molecular weight is 349 g/mol. The first kappa shape index (κ1) is 17.9. The highest BCUT2D eigenvalue weighted by molar-refractivity contribution is 5.98. The quantitative estimate of drug-likeness (QED) is 0.641. The van der Waals surface area contributed by atoms with Crippen LogP contribution < -0.4 is 5.32 Å². The number of carbonyl (C=O) groups is 2. The van der Waals surface area contributed by atoms with Crippen LogP contribution in [0.25, 0.3) is 11.0 Å². The number of nitrogens with zero attached hydrogens (tertiary/aromatic N) is 1. The lowest BCUT2D eigenvalue weighted by atomic mass is 10.0. The number of ketones is 1. The molecule has 1 aromatic heterocycles. The third-order valence-corrected chi connectivity index (χ3v) is 4.53.